The van der Waals surface area contributed by atoms with Crippen molar-refractivity contribution in [1.82, 2.24) is 15.0 Å². The van der Waals surface area contributed by atoms with Gasteiger partial charge in [0.25, 0.3) is 0 Å². The van der Waals surface area contributed by atoms with E-state index in [4.69, 9.17) is 51.1 Å². The van der Waals surface area contributed by atoms with E-state index >= 15 is 0 Å². The van der Waals surface area contributed by atoms with Gasteiger partial charge in [0.15, 0.2) is 0 Å². The Hall–Kier alpha value is -1.83. The number of nitrogens with zero attached hydrogens (tertiary/aromatic N) is 3. The number of thiophene rings is 1. The van der Waals surface area contributed by atoms with Crippen molar-refractivity contribution in [3.05, 3.63) is 70.5 Å². The zero-order chi connectivity index (χ0) is 21.1. The number of aromatic nitrogens is 3. The highest BCUT2D eigenvalue weighted by atomic mass is 35.6. The van der Waals surface area contributed by atoms with Crippen LogP contribution in [0.25, 0.3) is 10.2 Å². The topological polar surface area (TPSA) is 59.9 Å². The number of ether oxygens (including phenoxy) is 1. The summed E-state index contributed by atoms with van der Waals surface area (Å²) in [6.07, 6.45) is 2.34. The molecule has 30 heavy (non-hydrogen) atoms. The summed E-state index contributed by atoms with van der Waals surface area (Å²) in [5.41, 5.74) is 1.44. The molecule has 0 aliphatic heterocycles. The molecule has 1 N–H and O–H groups in total. The number of hydrogen-bond donors (Lipinski definition) is 1. The Kier molecular flexibility index (Phi) is 6.51. The van der Waals surface area contributed by atoms with E-state index in [-0.39, 0.29) is 0 Å². The third-order valence-corrected chi connectivity index (χ3v) is 6.09. The predicted molar refractivity (Wildman–Crippen MR) is 125 cm³/mol. The molecule has 0 unspecified atom stereocenters. The van der Waals surface area contributed by atoms with E-state index in [0.717, 1.165) is 28.0 Å². The van der Waals surface area contributed by atoms with Crippen LogP contribution >= 0.6 is 57.7 Å². The van der Waals surface area contributed by atoms with Crippen LogP contribution in [0.2, 0.25) is 5.02 Å². The molecule has 0 saturated carbocycles. The minimum absolute atomic E-state index is 0.303. The predicted octanol–water partition coefficient (Wildman–Crippen LogP) is 7.01. The molecule has 154 valence electrons. The third-order valence-electron chi connectivity index (χ3n) is 4.19. The number of nitrogens with one attached hydrogen (secondary N) is 1. The highest BCUT2D eigenvalue weighted by Crippen LogP contribution is 2.38. The van der Waals surface area contributed by atoms with Gasteiger partial charge in [-0.25, -0.2) is 15.0 Å². The van der Waals surface area contributed by atoms with Crippen molar-refractivity contribution in [2.24, 2.45) is 0 Å². The lowest BCUT2D eigenvalue weighted by atomic mass is 10.1. The lowest BCUT2D eigenvalue weighted by Gasteiger charge is -2.12. The molecular weight excluding hydrogens is 486 g/mol. The molecule has 0 bridgehead atoms. The number of rotatable bonds is 6. The average Bonchev–Trinajstić information content (AvgIpc) is 3.11. The molecule has 0 amide bonds. The van der Waals surface area contributed by atoms with Crippen LogP contribution < -0.4 is 10.1 Å². The van der Waals surface area contributed by atoms with Crippen molar-refractivity contribution in [1.29, 1.82) is 0 Å². The van der Waals surface area contributed by atoms with Crippen molar-refractivity contribution in [3.8, 4) is 11.6 Å². The smallest absolute Gasteiger partial charge is 0.232 e. The summed E-state index contributed by atoms with van der Waals surface area (Å²) < 4.78 is 4.16. The van der Waals surface area contributed by atoms with E-state index < -0.39 is 3.79 Å². The first-order valence-corrected chi connectivity index (χ1v) is 11.2. The van der Waals surface area contributed by atoms with Crippen LogP contribution in [0.5, 0.6) is 11.6 Å². The highest BCUT2D eigenvalue weighted by molar-refractivity contribution is 7.17. The fourth-order valence-electron chi connectivity index (χ4n) is 2.77. The average molecular weight is 500 g/mol. The largest absolute Gasteiger partial charge is 0.439 e. The zero-order valence-electron chi connectivity index (χ0n) is 15.3. The molecule has 0 radical (unpaired) electrons. The maximum Gasteiger partial charge on any atom is 0.232 e. The Labute approximate surface area is 196 Å². The van der Waals surface area contributed by atoms with E-state index in [0.29, 0.717) is 28.9 Å². The standard InChI is InChI=1S/C20H14Cl4N4OS/c21-14-10-30-19-17(14)18(26-11-27-19)25-9-8-12-4-6-13(7-5-12)29-16-3-1-2-15(28-16)20(22,23)24/h1-7,10-11H,8-9H2,(H,25,26,27). The lowest BCUT2D eigenvalue weighted by molar-refractivity contribution is 0.461. The van der Waals surface area contributed by atoms with Gasteiger partial charge in [-0.2, -0.15) is 0 Å². The van der Waals surface area contributed by atoms with E-state index in [9.17, 15) is 0 Å². The molecule has 0 aliphatic rings. The van der Waals surface area contributed by atoms with Crippen molar-refractivity contribution in [2.75, 3.05) is 11.9 Å². The molecule has 4 aromatic rings. The third kappa shape index (κ3) is 5.07. The summed E-state index contributed by atoms with van der Waals surface area (Å²) in [6, 6.07) is 12.8. The lowest BCUT2D eigenvalue weighted by Crippen LogP contribution is -2.06. The molecule has 10 heteroatoms. The first-order chi connectivity index (χ1) is 14.4. The number of fused-ring (bicyclic) bond motifs is 1. The van der Waals surface area contributed by atoms with Gasteiger partial charge in [0.05, 0.1) is 16.1 Å². The fourth-order valence-corrected chi connectivity index (χ4v) is 4.22. The van der Waals surface area contributed by atoms with Gasteiger partial charge < -0.3 is 10.1 Å². The second kappa shape index (κ2) is 9.12. The van der Waals surface area contributed by atoms with Crippen LogP contribution in [0.15, 0.2) is 54.2 Å². The van der Waals surface area contributed by atoms with Crippen LogP contribution in [0.4, 0.5) is 5.82 Å². The molecule has 3 heterocycles. The first-order valence-electron chi connectivity index (χ1n) is 8.83. The molecule has 0 atom stereocenters. The van der Waals surface area contributed by atoms with Crippen molar-refractivity contribution < 1.29 is 4.74 Å². The molecule has 1 aromatic carbocycles. The second-order valence-corrected chi connectivity index (χ2v) is 9.81. The Balaban J connectivity index is 1.37. The summed E-state index contributed by atoms with van der Waals surface area (Å²) in [5, 5.41) is 6.71. The molecule has 3 aromatic heterocycles. The number of alkyl halides is 3. The summed E-state index contributed by atoms with van der Waals surface area (Å²) in [6.45, 7) is 0.700. The van der Waals surface area contributed by atoms with Gasteiger partial charge in [-0.15, -0.1) is 11.3 Å². The number of benzene rings is 1. The Bertz CT molecular complexity index is 1160. The van der Waals surface area contributed by atoms with Gasteiger partial charge in [-0.3, -0.25) is 0 Å². The normalized spacial score (nSPS) is 11.6. The first kappa shape index (κ1) is 21.4. The molecule has 0 spiro atoms. The van der Waals surface area contributed by atoms with Gasteiger partial charge in [0.2, 0.25) is 9.67 Å². The maximum atomic E-state index is 6.24. The van der Waals surface area contributed by atoms with Gasteiger partial charge in [-0.1, -0.05) is 64.6 Å². The summed E-state index contributed by atoms with van der Waals surface area (Å²) in [7, 11) is 0. The maximum absolute atomic E-state index is 6.24. The van der Waals surface area contributed by atoms with Crippen LogP contribution in [-0.2, 0) is 10.2 Å². The monoisotopic (exact) mass is 498 g/mol. The fraction of sp³-hybridized carbons (Fsp3) is 0.150. The van der Waals surface area contributed by atoms with Crippen LogP contribution in [0.3, 0.4) is 0 Å². The number of hydrogen-bond acceptors (Lipinski definition) is 6. The van der Waals surface area contributed by atoms with Crippen molar-refractivity contribution in [3.63, 3.8) is 0 Å². The van der Waals surface area contributed by atoms with Crippen LogP contribution in [0.1, 0.15) is 11.3 Å². The SMILES string of the molecule is Clc1csc2ncnc(NCCc3ccc(Oc4cccc(C(Cl)(Cl)Cl)n4)cc3)c12. The van der Waals surface area contributed by atoms with E-state index in [1.807, 2.05) is 29.6 Å². The quantitative estimate of drug-likeness (QED) is 0.289. The van der Waals surface area contributed by atoms with Gasteiger partial charge in [0, 0.05) is 18.0 Å². The van der Waals surface area contributed by atoms with Gasteiger partial charge in [-0.05, 0) is 30.2 Å². The molecule has 5 nitrogen and oxygen atoms in total. The number of halogens is 4. The number of pyridine rings is 1. The Morgan fingerprint density at radius 3 is 2.60 bits per heavy atom. The van der Waals surface area contributed by atoms with Crippen LogP contribution in [-0.4, -0.2) is 21.5 Å². The van der Waals surface area contributed by atoms with E-state index in [1.54, 1.807) is 18.2 Å². The molecule has 0 saturated heterocycles. The van der Waals surface area contributed by atoms with Crippen molar-refractivity contribution in [2.45, 2.75) is 10.2 Å². The minimum atomic E-state index is -1.60. The zero-order valence-corrected chi connectivity index (χ0v) is 19.1. The Morgan fingerprint density at radius 2 is 1.83 bits per heavy atom. The summed E-state index contributed by atoms with van der Waals surface area (Å²) in [5.74, 6) is 1.74. The van der Waals surface area contributed by atoms with Gasteiger partial charge >= 0.3 is 0 Å². The molecule has 0 aliphatic carbocycles. The van der Waals surface area contributed by atoms with E-state index in [2.05, 4.69) is 20.3 Å². The number of anilines is 1. The van der Waals surface area contributed by atoms with Crippen molar-refractivity contribution >= 4 is 73.8 Å². The van der Waals surface area contributed by atoms with Crippen LogP contribution in [0, 0.1) is 0 Å². The van der Waals surface area contributed by atoms with Gasteiger partial charge in [0.1, 0.15) is 22.7 Å². The summed E-state index contributed by atoms with van der Waals surface area (Å²) >= 11 is 25.4. The minimum Gasteiger partial charge on any atom is -0.439 e. The Morgan fingerprint density at radius 1 is 1.03 bits per heavy atom. The molecule has 0 fully saturated rings. The second-order valence-electron chi connectivity index (χ2n) is 6.27. The highest BCUT2D eigenvalue weighted by Gasteiger charge is 2.24. The molecule has 4 rings (SSSR count). The summed E-state index contributed by atoms with van der Waals surface area (Å²) in [4.78, 5) is 13.6. The molecular formula is C20H14Cl4N4OS. The van der Waals surface area contributed by atoms with E-state index in [1.165, 1.54) is 17.7 Å².